The summed E-state index contributed by atoms with van der Waals surface area (Å²) in [6.07, 6.45) is -0.801. The molecular weight excluding hydrogens is 212 g/mol. The van der Waals surface area contributed by atoms with E-state index in [0.717, 1.165) is 5.56 Å². The molecule has 0 aromatic heterocycles. The second-order valence-electron chi connectivity index (χ2n) is 3.89. The highest BCUT2D eigenvalue weighted by molar-refractivity contribution is 5.68. The average molecular weight is 226 g/mol. The molecule has 17 heavy (non-hydrogen) atoms. The van der Waals surface area contributed by atoms with Gasteiger partial charge < -0.3 is 10.2 Å². The van der Waals surface area contributed by atoms with Crippen LogP contribution < -0.4 is 0 Å². The van der Waals surface area contributed by atoms with Crippen molar-refractivity contribution in [1.29, 1.82) is 0 Å². The van der Waals surface area contributed by atoms with Gasteiger partial charge in [-0.05, 0) is 28.8 Å². The van der Waals surface area contributed by atoms with E-state index in [-0.39, 0.29) is 5.75 Å². The van der Waals surface area contributed by atoms with Crippen LogP contribution in [0.25, 0.3) is 5.57 Å². The summed E-state index contributed by atoms with van der Waals surface area (Å²) in [5, 5.41) is 19.5. The fourth-order valence-electron chi connectivity index (χ4n) is 1.71. The molecule has 0 saturated heterocycles. The molecular formula is C15H14O2. The number of phenols is 1. The van der Waals surface area contributed by atoms with Crippen molar-refractivity contribution >= 4 is 5.57 Å². The summed E-state index contributed by atoms with van der Waals surface area (Å²) < 4.78 is 0. The van der Waals surface area contributed by atoms with Gasteiger partial charge in [-0.1, -0.05) is 49.0 Å². The predicted molar refractivity (Wildman–Crippen MR) is 68.5 cm³/mol. The largest absolute Gasteiger partial charge is 0.508 e. The zero-order valence-corrected chi connectivity index (χ0v) is 9.38. The number of aliphatic hydroxyl groups is 1. The molecule has 0 amide bonds. The van der Waals surface area contributed by atoms with Crippen LogP contribution in [0.15, 0.2) is 61.2 Å². The molecule has 0 radical (unpaired) electrons. The normalized spacial score (nSPS) is 12.1. The van der Waals surface area contributed by atoms with Crippen molar-refractivity contribution < 1.29 is 10.2 Å². The third-order valence-electron chi connectivity index (χ3n) is 2.66. The molecule has 2 nitrogen and oxygen atoms in total. The number of hydrogen-bond donors (Lipinski definition) is 2. The van der Waals surface area contributed by atoms with Crippen molar-refractivity contribution in [2.75, 3.05) is 0 Å². The van der Waals surface area contributed by atoms with Gasteiger partial charge in [-0.3, -0.25) is 0 Å². The van der Waals surface area contributed by atoms with Gasteiger partial charge in [-0.15, -0.1) is 0 Å². The van der Waals surface area contributed by atoms with Gasteiger partial charge in [0.05, 0.1) is 0 Å². The van der Waals surface area contributed by atoms with Gasteiger partial charge in [0.2, 0.25) is 0 Å². The van der Waals surface area contributed by atoms with Gasteiger partial charge in [0.1, 0.15) is 11.9 Å². The standard InChI is InChI=1S/C15H14O2/c1-11(12-6-3-2-4-7-12)15(17)13-8-5-9-14(16)10-13/h2-10,15-17H,1H2/t15-/m1/s1. The quantitative estimate of drug-likeness (QED) is 0.844. The second kappa shape index (κ2) is 4.85. The maximum absolute atomic E-state index is 10.2. The van der Waals surface area contributed by atoms with Crippen LogP contribution in [-0.2, 0) is 0 Å². The van der Waals surface area contributed by atoms with Crippen LogP contribution in [0.2, 0.25) is 0 Å². The lowest BCUT2D eigenvalue weighted by atomic mass is 9.97. The van der Waals surface area contributed by atoms with Crippen LogP contribution in [0, 0.1) is 0 Å². The van der Waals surface area contributed by atoms with Crippen molar-refractivity contribution in [3.63, 3.8) is 0 Å². The van der Waals surface area contributed by atoms with E-state index in [2.05, 4.69) is 6.58 Å². The molecule has 0 spiro atoms. The lowest BCUT2D eigenvalue weighted by Crippen LogP contribution is -1.99. The lowest BCUT2D eigenvalue weighted by molar-refractivity contribution is 0.238. The smallest absolute Gasteiger partial charge is 0.115 e. The number of aromatic hydroxyl groups is 1. The van der Waals surface area contributed by atoms with Crippen molar-refractivity contribution in [3.8, 4) is 5.75 Å². The fourth-order valence-corrected chi connectivity index (χ4v) is 1.71. The van der Waals surface area contributed by atoms with Gasteiger partial charge in [-0.2, -0.15) is 0 Å². The Balaban J connectivity index is 2.27. The number of hydrogen-bond acceptors (Lipinski definition) is 2. The van der Waals surface area contributed by atoms with Crippen molar-refractivity contribution in [2.24, 2.45) is 0 Å². The van der Waals surface area contributed by atoms with Crippen LogP contribution in [-0.4, -0.2) is 10.2 Å². The molecule has 86 valence electrons. The average Bonchev–Trinajstić information content (AvgIpc) is 2.38. The summed E-state index contributed by atoms with van der Waals surface area (Å²) in [5.41, 5.74) is 2.15. The van der Waals surface area contributed by atoms with E-state index in [0.29, 0.717) is 11.1 Å². The van der Waals surface area contributed by atoms with Gasteiger partial charge >= 0.3 is 0 Å². The van der Waals surface area contributed by atoms with Crippen LogP contribution in [0.1, 0.15) is 17.2 Å². The topological polar surface area (TPSA) is 40.5 Å². The molecule has 0 aliphatic heterocycles. The molecule has 1 atom stereocenters. The van der Waals surface area contributed by atoms with Crippen LogP contribution >= 0.6 is 0 Å². The van der Waals surface area contributed by atoms with Crippen molar-refractivity contribution in [2.45, 2.75) is 6.10 Å². The molecule has 0 aliphatic carbocycles. The maximum Gasteiger partial charge on any atom is 0.115 e. The zero-order valence-electron chi connectivity index (χ0n) is 9.38. The second-order valence-corrected chi connectivity index (χ2v) is 3.89. The third kappa shape index (κ3) is 2.55. The Kier molecular flexibility index (Phi) is 3.26. The van der Waals surface area contributed by atoms with Gasteiger partial charge in [0, 0.05) is 0 Å². The van der Waals surface area contributed by atoms with E-state index in [9.17, 15) is 10.2 Å². The van der Waals surface area contributed by atoms with E-state index < -0.39 is 6.10 Å². The number of benzene rings is 2. The summed E-state index contributed by atoms with van der Waals surface area (Å²) in [7, 11) is 0. The lowest BCUT2D eigenvalue weighted by Gasteiger charge is -2.14. The molecule has 2 N–H and O–H groups in total. The molecule has 0 bridgehead atoms. The van der Waals surface area contributed by atoms with E-state index in [4.69, 9.17) is 0 Å². The Hall–Kier alpha value is -2.06. The van der Waals surface area contributed by atoms with E-state index in [1.165, 1.54) is 0 Å². The van der Waals surface area contributed by atoms with E-state index in [1.54, 1.807) is 24.3 Å². The first-order chi connectivity index (χ1) is 8.18. The monoisotopic (exact) mass is 226 g/mol. The number of aliphatic hydroxyl groups excluding tert-OH is 1. The van der Waals surface area contributed by atoms with Crippen LogP contribution in [0.5, 0.6) is 5.75 Å². The Morgan fingerprint density at radius 1 is 1.00 bits per heavy atom. The molecule has 2 aromatic rings. The highest BCUT2D eigenvalue weighted by Crippen LogP contribution is 2.29. The molecule has 0 aliphatic rings. The van der Waals surface area contributed by atoms with Crippen molar-refractivity contribution in [1.82, 2.24) is 0 Å². The Morgan fingerprint density at radius 2 is 1.71 bits per heavy atom. The molecule has 0 heterocycles. The first kappa shape index (κ1) is 11.4. The summed E-state index contributed by atoms with van der Waals surface area (Å²) in [6, 6.07) is 16.1. The fraction of sp³-hybridized carbons (Fsp3) is 0.0667. The highest BCUT2D eigenvalue weighted by atomic mass is 16.3. The number of phenolic OH excluding ortho intramolecular Hbond substituents is 1. The molecule has 2 heteroatoms. The molecule has 0 fully saturated rings. The van der Waals surface area contributed by atoms with Crippen LogP contribution in [0.3, 0.4) is 0 Å². The molecule has 0 unspecified atom stereocenters. The predicted octanol–water partition coefficient (Wildman–Crippen LogP) is 3.14. The van der Waals surface area contributed by atoms with Gasteiger partial charge in [0.15, 0.2) is 0 Å². The van der Waals surface area contributed by atoms with Gasteiger partial charge in [-0.25, -0.2) is 0 Å². The highest BCUT2D eigenvalue weighted by Gasteiger charge is 2.13. The van der Waals surface area contributed by atoms with Crippen molar-refractivity contribution in [3.05, 3.63) is 72.3 Å². The van der Waals surface area contributed by atoms with E-state index >= 15 is 0 Å². The summed E-state index contributed by atoms with van der Waals surface area (Å²) in [6.45, 7) is 3.90. The Bertz CT molecular complexity index is 517. The molecule has 0 saturated carbocycles. The van der Waals surface area contributed by atoms with Gasteiger partial charge in [0.25, 0.3) is 0 Å². The molecule has 2 rings (SSSR count). The minimum absolute atomic E-state index is 0.141. The first-order valence-electron chi connectivity index (χ1n) is 5.39. The third-order valence-corrected chi connectivity index (χ3v) is 2.66. The zero-order chi connectivity index (χ0) is 12.3. The Morgan fingerprint density at radius 3 is 2.35 bits per heavy atom. The minimum Gasteiger partial charge on any atom is -0.508 e. The first-order valence-corrected chi connectivity index (χ1v) is 5.39. The number of rotatable bonds is 3. The minimum atomic E-state index is -0.801. The van der Waals surface area contributed by atoms with Crippen LogP contribution in [0.4, 0.5) is 0 Å². The SMILES string of the molecule is C=C(c1ccccc1)[C@@H](O)c1cccc(O)c1. The summed E-state index contributed by atoms with van der Waals surface area (Å²) in [4.78, 5) is 0. The summed E-state index contributed by atoms with van der Waals surface area (Å²) in [5.74, 6) is 0.141. The van der Waals surface area contributed by atoms with E-state index in [1.807, 2.05) is 30.3 Å². The molecule has 2 aromatic carbocycles. The summed E-state index contributed by atoms with van der Waals surface area (Å²) >= 11 is 0. The Labute approximate surface area is 100 Å². The maximum atomic E-state index is 10.2.